The van der Waals surface area contributed by atoms with E-state index in [4.69, 9.17) is 5.73 Å². The molecule has 112 valence electrons. The Balaban J connectivity index is 0.00000200. The van der Waals surface area contributed by atoms with Gasteiger partial charge in [0.2, 0.25) is 0 Å². The monoisotopic (exact) mass is 304 g/mol. The Morgan fingerprint density at radius 2 is 1.90 bits per heavy atom. The molecule has 1 aromatic carbocycles. The van der Waals surface area contributed by atoms with E-state index in [-0.39, 0.29) is 23.5 Å². The summed E-state index contributed by atoms with van der Waals surface area (Å²) in [6.45, 7) is 1.83. The fraction of sp³-hybridized carbons (Fsp3) is 0.500. The lowest BCUT2D eigenvalue weighted by atomic mass is 9.97. The number of benzene rings is 1. The Morgan fingerprint density at radius 1 is 1.30 bits per heavy atom. The molecule has 1 saturated carbocycles. The van der Waals surface area contributed by atoms with Crippen molar-refractivity contribution in [3.63, 3.8) is 0 Å². The second-order valence-corrected chi connectivity index (χ2v) is 5.23. The molecule has 0 aliphatic heterocycles. The van der Waals surface area contributed by atoms with Crippen LogP contribution in [0.5, 0.6) is 0 Å². The average molecular weight is 305 g/mol. The van der Waals surface area contributed by atoms with Gasteiger partial charge in [-0.05, 0) is 31.4 Å². The lowest BCUT2D eigenvalue weighted by Crippen LogP contribution is -2.51. The van der Waals surface area contributed by atoms with Crippen LogP contribution in [0, 0.1) is 18.6 Å². The van der Waals surface area contributed by atoms with Crippen LogP contribution in [0.25, 0.3) is 0 Å². The zero-order valence-electron chi connectivity index (χ0n) is 11.3. The number of carbonyl (C=O) groups excluding carboxylic acids is 1. The maximum absolute atomic E-state index is 13.7. The minimum atomic E-state index is -0.842. The molecular formula is C14H19ClF2N2O. The van der Waals surface area contributed by atoms with Crippen LogP contribution in [-0.2, 0) is 0 Å². The van der Waals surface area contributed by atoms with E-state index in [1.54, 1.807) is 0 Å². The fourth-order valence-electron chi connectivity index (χ4n) is 2.57. The second-order valence-electron chi connectivity index (χ2n) is 5.23. The van der Waals surface area contributed by atoms with Crippen LogP contribution >= 0.6 is 12.4 Å². The highest BCUT2D eigenvalue weighted by atomic mass is 35.5. The molecule has 0 spiro atoms. The Morgan fingerprint density at radius 3 is 2.45 bits per heavy atom. The van der Waals surface area contributed by atoms with Crippen molar-refractivity contribution in [3.05, 3.63) is 34.9 Å². The molecule has 1 aromatic rings. The summed E-state index contributed by atoms with van der Waals surface area (Å²) in [6.07, 6.45) is 3.61. The lowest BCUT2D eigenvalue weighted by Gasteiger charge is -2.28. The van der Waals surface area contributed by atoms with Crippen LogP contribution in [0.4, 0.5) is 8.78 Å². The van der Waals surface area contributed by atoms with Crippen LogP contribution in [0.15, 0.2) is 12.1 Å². The summed E-state index contributed by atoms with van der Waals surface area (Å²) in [5, 5.41) is 2.82. The first kappa shape index (κ1) is 16.9. The Labute approximate surface area is 123 Å². The van der Waals surface area contributed by atoms with Crippen molar-refractivity contribution < 1.29 is 13.6 Å². The predicted octanol–water partition coefficient (Wildman–Crippen LogP) is 2.70. The van der Waals surface area contributed by atoms with Crippen molar-refractivity contribution in [3.8, 4) is 0 Å². The van der Waals surface area contributed by atoms with E-state index in [1.807, 2.05) is 0 Å². The van der Waals surface area contributed by atoms with Crippen molar-refractivity contribution in [2.45, 2.75) is 38.1 Å². The molecule has 6 heteroatoms. The minimum absolute atomic E-state index is 0. The van der Waals surface area contributed by atoms with Crippen molar-refractivity contribution in [1.82, 2.24) is 5.32 Å². The van der Waals surface area contributed by atoms with Gasteiger partial charge in [-0.2, -0.15) is 0 Å². The molecule has 0 heterocycles. The zero-order valence-corrected chi connectivity index (χ0v) is 12.2. The number of nitrogens with two attached hydrogens (primary N) is 1. The molecule has 0 saturated heterocycles. The molecule has 0 aromatic heterocycles. The van der Waals surface area contributed by atoms with E-state index in [0.717, 1.165) is 31.7 Å². The van der Waals surface area contributed by atoms with Gasteiger partial charge in [0, 0.05) is 12.6 Å². The molecule has 1 amide bonds. The van der Waals surface area contributed by atoms with Gasteiger partial charge in [-0.3, -0.25) is 4.79 Å². The van der Waals surface area contributed by atoms with Crippen LogP contribution in [0.3, 0.4) is 0 Å². The third-order valence-electron chi connectivity index (χ3n) is 3.82. The van der Waals surface area contributed by atoms with Gasteiger partial charge >= 0.3 is 0 Å². The summed E-state index contributed by atoms with van der Waals surface area (Å²) in [6, 6.07) is 1.98. The van der Waals surface area contributed by atoms with Crippen molar-refractivity contribution >= 4 is 18.3 Å². The van der Waals surface area contributed by atoms with Crippen LogP contribution in [0.2, 0.25) is 0 Å². The van der Waals surface area contributed by atoms with E-state index in [9.17, 15) is 13.6 Å². The molecule has 1 aliphatic rings. The average Bonchev–Trinajstić information content (AvgIpc) is 2.83. The Hall–Kier alpha value is -1.20. The molecule has 20 heavy (non-hydrogen) atoms. The number of nitrogens with one attached hydrogen (secondary N) is 1. The van der Waals surface area contributed by atoms with Gasteiger partial charge in [0.25, 0.3) is 5.91 Å². The third-order valence-corrected chi connectivity index (χ3v) is 3.82. The van der Waals surface area contributed by atoms with Crippen LogP contribution in [0.1, 0.15) is 41.6 Å². The zero-order chi connectivity index (χ0) is 14.0. The number of rotatable bonds is 3. The fourth-order valence-corrected chi connectivity index (χ4v) is 2.57. The van der Waals surface area contributed by atoms with Crippen molar-refractivity contribution in [1.29, 1.82) is 0 Å². The summed E-state index contributed by atoms with van der Waals surface area (Å²) in [5.41, 5.74) is 5.40. The number of hydrogen-bond acceptors (Lipinski definition) is 2. The molecule has 0 bridgehead atoms. The molecular weight excluding hydrogens is 286 g/mol. The summed E-state index contributed by atoms with van der Waals surface area (Å²) in [4.78, 5) is 12.1. The summed E-state index contributed by atoms with van der Waals surface area (Å²) in [5.74, 6) is -2.01. The molecule has 3 N–H and O–H groups in total. The number of aryl methyl sites for hydroxylation is 1. The molecule has 1 aliphatic carbocycles. The summed E-state index contributed by atoms with van der Waals surface area (Å²) in [7, 11) is 0. The highest BCUT2D eigenvalue weighted by Crippen LogP contribution is 2.29. The Bertz CT molecular complexity index is 502. The van der Waals surface area contributed by atoms with Gasteiger partial charge in [-0.1, -0.05) is 12.8 Å². The standard InChI is InChI=1S/C14H18F2N2O.ClH/c1-9-6-10(12(16)7-11(9)15)13(19)18-14(8-17)4-2-3-5-14;/h6-7H,2-5,8,17H2,1H3,(H,18,19);1H. The molecule has 1 fully saturated rings. The molecule has 3 nitrogen and oxygen atoms in total. The van der Waals surface area contributed by atoms with Crippen molar-refractivity contribution in [2.75, 3.05) is 6.54 Å². The first-order valence-corrected chi connectivity index (χ1v) is 6.46. The van der Waals surface area contributed by atoms with E-state index < -0.39 is 23.1 Å². The predicted molar refractivity (Wildman–Crippen MR) is 76.1 cm³/mol. The van der Waals surface area contributed by atoms with Crippen LogP contribution in [-0.4, -0.2) is 18.0 Å². The third kappa shape index (κ3) is 3.27. The highest BCUT2D eigenvalue weighted by Gasteiger charge is 2.34. The topological polar surface area (TPSA) is 55.1 Å². The second kappa shape index (κ2) is 6.50. The van der Waals surface area contributed by atoms with E-state index >= 15 is 0 Å². The van der Waals surface area contributed by atoms with Gasteiger partial charge in [0.1, 0.15) is 11.6 Å². The van der Waals surface area contributed by atoms with E-state index in [0.29, 0.717) is 6.54 Å². The Kier molecular flexibility index (Phi) is 5.48. The van der Waals surface area contributed by atoms with Crippen molar-refractivity contribution in [2.24, 2.45) is 5.73 Å². The number of carbonyl (C=O) groups is 1. The first-order valence-electron chi connectivity index (χ1n) is 6.46. The SMILES string of the molecule is Cc1cc(C(=O)NC2(CN)CCCC2)c(F)cc1F.Cl. The number of hydrogen-bond donors (Lipinski definition) is 2. The van der Waals surface area contributed by atoms with Gasteiger partial charge in [-0.15, -0.1) is 12.4 Å². The quantitative estimate of drug-likeness (QED) is 0.902. The van der Waals surface area contributed by atoms with Gasteiger partial charge in [0.15, 0.2) is 0 Å². The van der Waals surface area contributed by atoms with E-state index in [2.05, 4.69) is 5.32 Å². The first-order chi connectivity index (χ1) is 8.97. The number of halogens is 3. The van der Waals surface area contributed by atoms with Gasteiger partial charge in [0.05, 0.1) is 11.1 Å². The highest BCUT2D eigenvalue weighted by molar-refractivity contribution is 5.95. The van der Waals surface area contributed by atoms with Gasteiger partial charge < -0.3 is 11.1 Å². The van der Waals surface area contributed by atoms with Crippen LogP contribution < -0.4 is 11.1 Å². The molecule has 0 radical (unpaired) electrons. The molecule has 2 rings (SSSR count). The molecule has 0 atom stereocenters. The number of amides is 1. The molecule has 0 unspecified atom stereocenters. The van der Waals surface area contributed by atoms with E-state index in [1.165, 1.54) is 13.0 Å². The smallest absolute Gasteiger partial charge is 0.254 e. The largest absolute Gasteiger partial charge is 0.345 e. The maximum Gasteiger partial charge on any atom is 0.254 e. The lowest BCUT2D eigenvalue weighted by molar-refractivity contribution is 0.0898. The normalized spacial score (nSPS) is 16.6. The summed E-state index contributed by atoms with van der Waals surface area (Å²) >= 11 is 0. The van der Waals surface area contributed by atoms with Gasteiger partial charge in [-0.25, -0.2) is 8.78 Å². The summed E-state index contributed by atoms with van der Waals surface area (Å²) < 4.78 is 26.8. The maximum atomic E-state index is 13.7. The minimum Gasteiger partial charge on any atom is -0.345 e.